The summed E-state index contributed by atoms with van der Waals surface area (Å²) >= 11 is 0. The third-order valence-electron chi connectivity index (χ3n) is 2.71. The van der Waals surface area contributed by atoms with E-state index < -0.39 is 0 Å². The topological polar surface area (TPSA) is 12.9 Å². The molecule has 0 bridgehead atoms. The number of unbranched alkanes of at least 4 members (excludes halogenated alkanes) is 1. The molecular weight excluding hydrogens is 266 g/mol. The van der Waals surface area contributed by atoms with Crippen molar-refractivity contribution < 1.29 is 0 Å². The Morgan fingerprint density at radius 2 is 1.55 bits per heavy atom. The molecule has 1 aromatic heterocycles. The van der Waals surface area contributed by atoms with Gasteiger partial charge in [-0.15, -0.1) is 0 Å². The summed E-state index contributed by atoms with van der Waals surface area (Å²) in [6, 6.07) is 16.1. The second-order valence-electron chi connectivity index (χ2n) is 4.51. The standard InChI is InChI=1S/C9H13N.C8H8.C4H6/c1-2-3-6-9-7-4-5-8-10-9;1-2-8-6-4-3-5-7-8;1-3-4-2/h4-5,7-8H,2-3,6H2,1H3;2-7H,1H2;3-4H,1-2H2. The van der Waals surface area contributed by atoms with Crippen LogP contribution in [-0.4, -0.2) is 4.98 Å². The van der Waals surface area contributed by atoms with Crippen LogP contribution in [0.1, 0.15) is 31.0 Å². The number of aromatic nitrogens is 1. The molecule has 1 aromatic carbocycles. The Balaban J connectivity index is 0.000000330. The smallest absolute Gasteiger partial charge is 0.0403 e. The number of aryl methyl sites for hydroxylation is 1. The minimum Gasteiger partial charge on any atom is -0.261 e. The average molecular weight is 293 g/mol. The average Bonchev–Trinajstić information content (AvgIpc) is 2.62. The Morgan fingerprint density at radius 3 is 1.95 bits per heavy atom. The molecule has 0 saturated carbocycles. The predicted molar refractivity (Wildman–Crippen MR) is 99.8 cm³/mol. The van der Waals surface area contributed by atoms with Crippen molar-refractivity contribution in [3.63, 3.8) is 0 Å². The van der Waals surface area contributed by atoms with Crippen LogP contribution in [0.5, 0.6) is 0 Å². The normalized spacial score (nSPS) is 8.41. The maximum Gasteiger partial charge on any atom is 0.0403 e. The number of hydrogen-bond donors (Lipinski definition) is 0. The molecule has 1 heterocycles. The zero-order valence-electron chi connectivity index (χ0n) is 13.6. The van der Waals surface area contributed by atoms with Crippen LogP contribution in [0.15, 0.2) is 86.6 Å². The molecular formula is C21H27N. The maximum atomic E-state index is 4.22. The Kier molecular flexibility index (Phi) is 13.3. The zero-order chi connectivity index (χ0) is 16.5. The van der Waals surface area contributed by atoms with Crippen molar-refractivity contribution in [2.45, 2.75) is 26.2 Å². The van der Waals surface area contributed by atoms with Gasteiger partial charge in [0, 0.05) is 11.9 Å². The quantitative estimate of drug-likeness (QED) is 0.606. The number of allylic oxidation sites excluding steroid dienone is 2. The molecule has 0 aliphatic rings. The molecule has 0 aliphatic heterocycles. The van der Waals surface area contributed by atoms with Crippen molar-refractivity contribution in [1.82, 2.24) is 4.98 Å². The number of nitrogens with zero attached hydrogens (tertiary/aromatic N) is 1. The number of hydrogen-bond acceptors (Lipinski definition) is 1. The molecule has 22 heavy (non-hydrogen) atoms. The van der Waals surface area contributed by atoms with Gasteiger partial charge in [0.2, 0.25) is 0 Å². The first-order valence-electron chi connectivity index (χ1n) is 7.59. The van der Waals surface area contributed by atoms with E-state index in [2.05, 4.69) is 37.7 Å². The summed E-state index contributed by atoms with van der Waals surface area (Å²) in [6.45, 7) is 12.6. The van der Waals surface area contributed by atoms with Gasteiger partial charge in [-0.1, -0.05) is 87.7 Å². The minimum absolute atomic E-state index is 1.12. The van der Waals surface area contributed by atoms with Gasteiger partial charge in [0.1, 0.15) is 0 Å². The molecule has 0 radical (unpaired) electrons. The lowest BCUT2D eigenvalue weighted by Crippen LogP contribution is -1.86. The fourth-order valence-electron chi connectivity index (χ4n) is 1.49. The SMILES string of the molecule is C=CC=C.C=Cc1ccccc1.CCCCc1ccccn1. The van der Waals surface area contributed by atoms with Crippen LogP contribution in [0.3, 0.4) is 0 Å². The Bertz CT molecular complexity index is 494. The molecule has 1 heteroatoms. The van der Waals surface area contributed by atoms with E-state index in [1.54, 1.807) is 12.2 Å². The van der Waals surface area contributed by atoms with Crippen LogP contribution in [0.25, 0.3) is 6.08 Å². The first-order chi connectivity index (χ1) is 10.8. The number of pyridine rings is 1. The molecule has 0 atom stereocenters. The minimum atomic E-state index is 1.12. The van der Waals surface area contributed by atoms with Gasteiger partial charge in [0.05, 0.1) is 0 Å². The molecule has 0 spiro atoms. The van der Waals surface area contributed by atoms with Crippen LogP contribution in [-0.2, 0) is 6.42 Å². The van der Waals surface area contributed by atoms with Gasteiger partial charge < -0.3 is 0 Å². The number of rotatable bonds is 5. The van der Waals surface area contributed by atoms with E-state index in [0.29, 0.717) is 0 Å². The summed E-state index contributed by atoms with van der Waals surface area (Å²) in [6.07, 6.45) is 10.6. The summed E-state index contributed by atoms with van der Waals surface area (Å²) < 4.78 is 0. The molecule has 0 aliphatic carbocycles. The zero-order valence-corrected chi connectivity index (χ0v) is 13.6. The fraction of sp³-hybridized carbons (Fsp3) is 0.190. The molecule has 0 fully saturated rings. The highest BCUT2D eigenvalue weighted by Gasteiger charge is 1.89. The largest absolute Gasteiger partial charge is 0.261 e. The van der Waals surface area contributed by atoms with Crippen molar-refractivity contribution in [2.75, 3.05) is 0 Å². The molecule has 0 unspecified atom stereocenters. The number of benzene rings is 1. The van der Waals surface area contributed by atoms with E-state index in [1.807, 2.05) is 54.7 Å². The Labute approximate surface area is 135 Å². The van der Waals surface area contributed by atoms with E-state index in [4.69, 9.17) is 0 Å². The molecule has 0 amide bonds. The van der Waals surface area contributed by atoms with Crippen LogP contribution in [0.4, 0.5) is 0 Å². The van der Waals surface area contributed by atoms with E-state index >= 15 is 0 Å². The highest BCUT2D eigenvalue weighted by molar-refractivity contribution is 5.45. The van der Waals surface area contributed by atoms with Crippen LogP contribution < -0.4 is 0 Å². The lowest BCUT2D eigenvalue weighted by atomic mass is 10.2. The lowest BCUT2D eigenvalue weighted by molar-refractivity contribution is 0.777. The Hall–Kier alpha value is -2.41. The third kappa shape index (κ3) is 11.4. The summed E-state index contributed by atoms with van der Waals surface area (Å²) in [4.78, 5) is 4.22. The third-order valence-corrected chi connectivity index (χ3v) is 2.71. The van der Waals surface area contributed by atoms with Crippen molar-refractivity contribution >= 4 is 6.08 Å². The highest BCUT2D eigenvalue weighted by Crippen LogP contribution is 1.99. The van der Waals surface area contributed by atoms with Crippen LogP contribution >= 0.6 is 0 Å². The van der Waals surface area contributed by atoms with E-state index in [0.717, 1.165) is 6.42 Å². The first kappa shape index (κ1) is 19.6. The molecule has 2 aromatic rings. The van der Waals surface area contributed by atoms with Crippen molar-refractivity contribution in [2.24, 2.45) is 0 Å². The molecule has 2 rings (SSSR count). The summed E-state index contributed by atoms with van der Waals surface area (Å²) in [5, 5.41) is 0. The van der Waals surface area contributed by atoms with Crippen LogP contribution in [0.2, 0.25) is 0 Å². The van der Waals surface area contributed by atoms with Gasteiger partial charge in [-0.25, -0.2) is 0 Å². The molecule has 0 saturated heterocycles. The second-order valence-corrected chi connectivity index (χ2v) is 4.51. The predicted octanol–water partition coefficient (Wildman–Crippen LogP) is 6.11. The van der Waals surface area contributed by atoms with Gasteiger partial charge in [-0.2, -0.15) is 0 Å². The van der Waals surface area contributed by atoms with Gasteiger partial charge in [-0.05, 0) is 30.5 Å². The van der Waals surface area contributed by atoms with Gasteiger partial charge in [0.25, 0.3) is 0 Å². The lowest BCUT2D eigenvalue weighted by Gasteiger charge is -1.95. The summed E-state index contributed by atoms with van der Waals surface area (Å²) in [7, 11) is 0. The van der Waals surface area contributed by atoms with E-state index in [9.17, 15) is 0 Å². The first-order valence-corrected chi connectivity index (χ1v) is 7.59. The fourth-order valence-corrected chi connectivity index (χ4v) is 1.49. The second kappa shape index (κ2) is 15.0. The van der Waals surface area contributed by atoms with Gasteiger partial charge in [0.15, 0.2) is 0 Å². The summed E-state index contributed by atoms with van der Waals surface area (Å²) in [5.41, 5.74) is 2.39. The molecule has 1 nitrogen and oxygen atoms in total. The van der Waals surface area contributed by atoms with Crippen molar-refractivity contribution in [3.05, 3.63) is 97.9 Å². The molecule has 116 valence electrons. The van der Waals surface area contributed by atoms with Crippen molar-refractivity contribution in [1.29, 1.82) is 0 Å². The Morgan fingerprint density at radius 1 is 0.909 bits per heavy atom. The highest BCUT2D eigenvalue weighted by atomic mass is 14.7. The maximum absolute atomic E-state index is 4.22. The molecule has 0 N–H and O–H groups in total. The monoisotopic (exact) mass is 293 g/mol. The van der Waals surface area contributed by atoms with Crippen molar-refractivity contribution in [3.8, 4) is 0 Å². The van der Waals surface area contributed by atoms with Gasteiger partial charge >= 0.3 is 0 Å². The summed E-state index contributed by atoms with van der Waals surface area (Å²) in [5.74, 6) is 0. The van der Waals surface area contributed by atoms with E-state index in [-0.39, 0.29) is 0 Å². The van der Waals surface area contributed by atoms with E-state index in [1.165, 1.54) is 24.1 Å². The van der Waals surface area contributed by atoms with Crippen LogP contribution in [0, 0.1) is 0 Å². The van der Waals surface area contributed by atoms with Gasteiger partial charge in [-0.3, -0.25) is 4.98 Å².